The Morgan fingerprint density at radius 2 is 1.63 bits per heavy atom. The Balaban J connectivity index is 1.81. The molecule has 0 radical (unpaired) electrons. The molecule has 0 aromatic heterocycles. The Kier molecular flexibility index (Phi) is 8.49. The summed E-state index contributed by atoms with van der Waals surface area (Å²) in [5.74, 6) is -2.34. The Labute approximate surface area is 223 Å². The van der Waals surface area contributed by atoms with E-state index in [1.54, 1.807) is 66.7 Å². The molecule has 1 saturated heterocycles. The number of nitrogens with zero attached hydrogens (tertiary/aromatic N) is 1. The fraction of sp³-hybridized carbons (Fsp3) is 0.448. The maximum atomic E-state index is 13.6. The highest BCUT2D eigenvalue weighted by Gasteiger charge is 2.43. The number of esters is 1. The van der Waals surface area contributed by atoms with E-state index in [2.05, 4.69) is 5.32 Å². The van der Waals surface area contributed by atoms with E-state index in [0.717, 1.165) is 11.1 Å². The van der Waals surface area contributed by atoms with Crippen LogP contribution in [-0.2, 0) is 30.2 Å². The minimum atomic E-state index is -1.16. The van der Waals surface area contributed by atoms with Gasteiger partial charge in [0.25, 0.3) is 0 Å². The number of carbonyl (C=O) groups excluding carboxylic acids is 4. The summed E-state index contributed by atoms with van der Waals surface area (Å²) in [6.07, 6.45) is -2.39. The number of aryl methyl sites for hydroxylation is 1. The van der Waals surface area contributed by atoms with Crippen molar-refractivity contribution in [3.8, 4) is 0 Å². The summed E-state index contributed by atoms with van der Waals surface area (Å²) in [5.41, 5.74) is 0.943. The van der Waals surface area contributed by atoms with Crippen LogP contribution in [0.5, 0.6) is 0 Å². The number of ether oxygens (including phenoxy) is 3. The molecule has 2 atom stereocenters. The van der Waals surface area contributed by atoms with Crippen molar-refractivity contribution in [1.82, 2.24) is 0 Å². The number of cyclic esters (lactones) is 1. The molecule has 1 aliphatic rings. The number of ketones is 1. The van der Waals surface area contributed by atoms with Crippen LogP contribution in [0.4, 0.5) is 21.0 Å². The van der Waals surface area contributed by atoms with Gasteiger partial charge in [0.05, 0.1) is 12.2 Å². The number of Topliss-reactive ketones (excluding diaryl/α,β-unsaturated/α-hetero) is 1. The van der Waals surface area contributed by atoms with E-state index < -0.39 is 47.2 Å². The molecule has 1 N–H and O–H groups in total. The summed E-state index contributed by atoms with van der Waals surface area (Å²) >= 11 is 0. The van der Waals surface area contributed by atoms with Crippen molar-refractivity contribution in [2.24, 2.45) is 5.92 Å². The normalized spacial score (nSPS) is 16.4. The molecule has 2 aromatic rings. The molecule has 204 valence electrons. The molecule has 1 aliphatic heterocycles. The van der Waals surface area contributed by atoms with Crippen LogP contribution in [0.25, 0.3) is 0 Å². The van der Waals surface area contributed by atoms with Gasteiger partial charge in [-0.3, -0.25) is 19.8 Å². The average molecular weight is 525 g/mol. The zero-order valence-corrected chi connectivity index (χ0v) is 23.0. The van der Waals surface area contributed by atoms with Gasteiger partial charge in [-0.05, 0) is 78.1 Å². The first-order chi connectivity index (χ1) is 17.6. The lowest BCUT2D eigenvalue weighted by Crippen LogP contribution is -2.40. The first kappa shape index (κ1) is 28.7. The average Bonchev–Trinajstić information content (AvgIpc) is 3.18. The van der Waals surface area contributed by atoms with Gasteiger partial charge in [0.15, 0.2) is 11.9 Å². The SMILES string of the molecule is Cc1ccc(NC(=O)OC(C)(C)C)cc1N1CC(C(=O)[C@@H](Cc2ccccc2)C(=O)OC(C)(C)C)OC1=O. The fourth-order valence-electron chi connectivity index (χ4n) is 3.95. The van der Waals surface area contributed by atoms with Crippen molar-refractivity contribution in [2.45, 2.75) is 72.2 Å². The molecular formula is C29H36N2O7. The molecule has 1 heterocycles. The number of anilines is 2. The highest BCUT2D eigenvalue weighted by molar-refractivity contribution is 6.05. The van der Waals surface area contributed by atoms with Crippen LogP contribution in [0.15, 0.2) is 48.5 Å². The number of hydrogen-bond donors (Lipinski definition) is 1. The Morgan fingerprint density at radius 3 is 2.24 bits per heavy atom. The number of amides is 2. The van der Waals surface area contributed by atoms with Crippen LogP contribution in [0.3, 0.4) is 0 Å². The van der Waals surface area contributed by atoms with E-state index in [4.69, 9.17) is 14.2 Å². The molecule has 2 aromatic carbocycles. The van der Waals surface area contributed by atoms with Gasteiger partial charge in [0.1, 0.15) is 17.1 Å². The predicted molar refractivity (Wildman–Crippen MR) is 143 cm³/mol. The summed E-state index contributed by atoms with van der Waals surface area (Å²) < 4.78 is 16.3. The molecule has 9 nitrogen and oxygen atoms in total. The van der Waals surface area contributed by atoms with Crippen molar-refractivity contribution in [3.05, 3.63) is 59.7 Å². The zero-order chi connectivity index (χ0) is 28.3. The topological polar surface area (TPSA) is 111 Å². The van der Waals surface area contributed by atoms with Crippen molar-refractivity contribution < 1.29 is 33.4 Å². The number of hydrogen-bond acceptors (Lipinski definition) is 7. The van der Waals surface area contributed by atoms with Gasteiger partial charge in [-0.1, -0.05) is 36.4 Å². The summed E-state index contributed by atoms with van der Waals surface area (Å²) in [5, 5.41) is 2.65. The second-order valence-electron chi connectivity index (χ2n) is 11.3. The van der Waals surface area contributed by atoms with Gasteiger partial charge in [-0.25, -0.2) is 9.59 Å². The summed E-state index contributed by atoms with van der Waals surface area (Å²) in [4.78, 5) is 53.0. The minimum Gasteiger partial charge on any atom is -0.459 e. The van der Waals surface area contributed by atoms with Crippen LogP contribution in [0.1, 0.15) is 52.7 Å². The third kappa shape index (κ3) is 7.81. The van der Waals surface area contributed by atoms with Crippen molar-refractivity contribution in [1.29, 1.82) is 0 Å². The number of carbonyl (C=O) groups is 4. The van der Waals surface area contributed by atoms with Gasteiger partial charge >= 0.3 is 18.2 Å². The Morgan fingerprint density at radius 1 is 1.00 bits per heavy atom. The molecule has 2 amide bonds. The zero-order valence-electron chi connectivity index (χ0n) is 23.0. The highest BCUT2D eigenvalue weighted by atomic mass is 16.6. The number of benzene rings is 2. The molecule has 1 fully saturated rings. The maximum absolute atomic E-state index is 13.6. The highest BCUT2D eigenvalue weighted by Crippen LogP contribution is 2.30. The van der Waals surface area contributed by atoms with Crippen LogP contribution in [0, 0.1) is 12.8 Å². The second-order valence-corrected chi connectivity index (χ2v) is 11.3. The van der Waals surface area contributed by atoms with Crippen molar-refractivity contribution in [3.63, 3.8) is 0 Å². The van der Waals surface area contributed by atoms with E-state index in [1.165, 1.54) is 4.90 Å². The minimum absolute atomic E-state index is 0.0809. The smallest absolute Gasteiger partial charge is 0.415 e. The van der Waals surface area contributed by atoms with Crippen LogP contribution >= 0.6 is 0 Å². The Hall–Kier alpha value is -3.88. The molecule has 38 heavy (non-hydrogen) atoms. The molecule has 1 unspecified atom stereocenters. The summed E-state index contributed by atoms with van der Waals surface area (Å²) in [6, 6.07) is 14.2. The molecule has 3 rings (SSSR count). The van der Waals surface area contributed by atoms with Crippen molar-refractivity contribution >= 4 is 35.3 Å². The number of rotatable bonds is 7. The standard InChI is InChI=1S/C29H36N2O7/c1-18-13-14-20(30-26(34)38-29(5,6)7)16-22(18)31-17-23(36-27(31)35)24(32)21(25(33)37-28(2,3)4)15-19-11-9-8-10-12-19/h8-14,16,21,23H,15,17H2,1-7H3,(H,30,34)/t21-,23?/m1/s1. The third-order valence-electron chi connectivity index (χ3n) is 5.59. The van der Waals surface area contributed by atoms with Gasteiger partial charge < -0.3 is 14.2 Å². The predicted octanol–water partition coefficient (Wildman–Crippen LogP) is 5.44. The monoisotopic (exact) mass is 524 g/mol. The molecule has 0 saturated carbocycles. The van der Waals surface area contributed by atoms with E-state index in [9.17, 15) is 19.2 Å². The molecule has 0 spiro atoms. The van der Waals surface area contributed by atoms with E-state index >= 15 is 0 Å². The maximum Gasteiger partial charge on any atom is 0.415 e. The third-order valence-corrected chi connectivity index (χ3v) is 5.59. The van der Waals surface area contributed by atoms with Crippen LogP contribution in [0.2, 0.25) is 0 Å². The number of nitrogens with one attached hydrogen (secondary N) is 1. The summed E-state index contributed by atoms with van der Waals surface area (Å²) in [6.45, 7) is 12.2. The van der Waals surface area contributed by atoms with Crippen LogP contribution in [-0.4, -0.2) is 47.8 Å². The first-order valence-corrected chi connectivity index (χ1v) is 12.5. The quantitative estimate of drug-likeness (QED) is 0.292. The lowest BCUT2D eigenvalue weighted by Gasteiger charge is -2.24. The lowest BCUT2D eigenvalue weighted by atomic mass is 9.92. The fourth-order valence-corrected chi connectivity index (χ4v) is 3.95. The van der Waals surface area contributed by atoms with Crippen LogP contribution < -0.4 is 10.2 Å². The summed E-state index contributed by atoms with van der Waals surface area (Å²) in [7, 11) is 0. The molecule has 9 heteroatoms. The Bertz CT molecular complexity index is 1200. The molecular weight excluding hydrogens is 488 g/mol. The molecule has 0 bridgehead atoms. The van der Waals surface area contributed by atoms with E-state index in [0.29, 0.717) is 11.4 Å². The van der Waals surface area contributed by atoms with E-state index in [1.807, 2.05) is 30.3 Å². The van der Waals surface area contributed by atoms with Gasteiger partial charge in [-0.15, -0.1) is 0 Å². The van der Waals surface area contributed by atoms with Gasteiger partial charge in [-0.2, -0.15) is 0 Å². The van der Waals surface area contributed by atoms with E-state index in [-0.39, 0.29) is 13.0 Å². The largest absolute Gasteiger partial charge is 0.459 e. The van der Waals surface area contributed by atoms with Crippen molar-refractivity contribution in [2.75, 3.05) is 16.8 Å². The van der Waals surface area contributed by atoms with Gasteiger partial charge in [0, 0.05) is 5.69 Å². The van der Waals surface area contributed by atoms with Gasteiger partial charge in [0.2, 0.25) is 0 Å². The second kappa shape index (κ2) is 11.2. The first-order valence-electron chi connectivity index (χ1n) is 12.5. The lowest BCUT2D eigenvalue weighted by molar-refractivity contribution is -0.163. The molecule has 0 aliphatic carbocycles.